The van der Waals surface area contributed by atoms with Gasteiger partial charge in [-0.3, -0.25) is 0 Å². The normalized spacial score (nSPS) is 10.7. The number of aromatic nitrogens is 1. The summed E-state index contributed by atoms with van der Waals surface area (Å²) in [4.78, 5) is 7.80. The van der Waals surface area contributed by atoms with Crippen LogP contribution in [-0.2, 0) is 13.1 Å². The molecule has 0 atom stereocenters. The van der Waals surface area contributed by atoms with Gasteiger partial charge in [0.05, 0.1) is 17.7 Å². The van der Waals surface area contributed by atoms with Crippen LogP contribution in [0, 0.1) is 6.92 Å². The lowest BCUT2D eigenvalue weighted by Crippen LogP contribution is -2.19. The third kappa shape index (κ3) is 3.26. The molecule has 1 aromatic carbocycles. The van der Waals surface area contributed by atoms with E-state index in [-0.39, 0.29) is 0 Å². The van der Waals surface area contributed by atoms with Crippen molar-refractivity contribution in [2.24, 2.45) is 0 Å². The van der Waals surface area contributed by atoms with Gasteiger partial charge in [-0.2, -0.15) is 0 Å². The topological polar surface area (TPSA) is 28.2 Å². The number of halogens is 1. The zero-order chi connectivity index (χ0) is 13.8. The molecule has 0 saturated carbocycles. The molecule has 0 aliphatic carbocycles. The predicted molar refractivity (Wildman–Crippen MR) is 83.2 cm³/mol. The number of rotatable bonds is 5. The van der Waals surface area contributed by atoms with E-state index in [9.17, 15) is 0 Å². The predicted octanol–water partition coefficient (Wildman–Crippen LogP) is 3.46. The average molecular weight is 296 g/mol. The highest BCUT2D eigenvalue weighted by Gasteiger charge is 2.12. The number of benzene rings is 1. The fraction of sp³-hybridized carbons (Fsp3) is 0.357. The lowest BCUT2D eigenvalue weighted by Gasteiger charge is -2.23. The Morgan fingerprint density at radius 1 is 1.42 bits per heavy atom. The second-order valence-corrected chi connectivity index (χ2v) is 5.83. The van der Waals surface area contributed by atoms with E-state index in [1.54, 1.807) is 11.3 Å². The molecule has 2 rings (SSSR count). The number of anilines is 1. The third-order valence-electron chi connectivity index (χ3n) is 3.08. The summed E-state index contributed by atoms with van der Waals surface area (Å²) in [6.45, 7) is 3.67. The van der Waals surface area contributed by atoms with Crippen molar-refractivity contribution < 1.29 is 0 Å². The molecule has 0 saturated heterocycles. The van der Waals surface area contributed by atoms with Gasteiger partial charge < -0.3 is 10.2 Å². The van der Waals surface area contributed by atoms with Gasteiger partial charge in [0, 0.05) is 34.7 Å². The Morgan fingerprint density at radius 3 is 2.84 bits per heavy atom. The maximum absolute atomic E-state index is 6.29. The molecule has 2 aromatic rings. The fourth-order valence-electron chi connectivity index (χ4n) is 2.04. The van der Waals surface area contributed by atoms with E-state index in [0.29, 0.717) is 0 Å². The van der Waals surface area contributed by atoms with Crippen LogP contribution in [0.4, 0.5) is 5.69 Å². The summed E-state index contributed by atoms with van der Waals surface area (Å²) >= 11 is 7.98. The molecular formula is C14H18ClN3S. The van der Waals surface area contributed by atoms with Crippen molar-refractivity contribution in [3.8, 4) is 0 Å². The van der Waals surface area contributed by atoms with Gasteiger partial charge in [0.25, 0.3) is 0 Å². The molecule has 0 unspecified atom stereocenters. The second kappa shape index (κ2) is 6.37. The Balaban J connectivity index is 2.26. The van der Waals surface area contributed by atoms with Crippen LogP contribution in [0.25, 0.3) is 0 Å². The van der Waals surface area contributed by atoms with Gasteiger partial charge >= 0.3 is 0 Å². The minimum Gasteiger partial charge on any atom is -0.369 e. The first-order valence-electron chi connectivity index (χ1n) is 6.15. The molecule has 3 nitrogen and oxygen atoms in total. The van der Waals surface area contributed by atoms with Crippen LogP contribution in [0.5, 0.6) is 0 Å². The van der Waals surface area contributed by atoms with E-state index in [0.717, 1.165) is 35.1 Å². The van der Waals surface area contributed by atoms with Crippen molar-refractivity contribution in [2.45, 2.75) is 20.0 Å². The van der Waals surface area contributed by atoms with Crippen LogP contribution in [0.3, 0.4) is 0 Å². The molecule has 0 bridgehead atoms. The van der Waals surface area contributed by atoms with Gasteiger partial charge in [0.1, 0.15) is 0 Å². The minimum absolute atomic E-state index is 0.765. The summed E-state index contributed by atoms with van der Waals surface area (Å²) in [7, 11) is 4.02. The van der Waals surface area contributed by atoms with Crippen LogP contribution in [-0.4, -0.2) is 19.1 Å². The van der Waals surface area contributed by atoms with E-state index in [1.165, 1.54) is 4.88 Å². The molecule has 19 heavy (non-hydrogen) atoms. The Bertz CT molecular complexity index is 553. The van der Waals surface area contributed by atoms with Crippen molar-refractivity contribution in [1.29, 1.82) is 0 Å². The molecule has 1 heterocycles. The quantitative estimate of drug-likeness (QED) is 0.915. The highest BCUT2D eigenvalue weighted by atomic mass is 35.5. The number of nitrogens with zero attached hydrogens (tertiary/aromatic N) is 2. The van der Waals surface area contributed by atoms with Gasteiger partial charge in [-0.05, 0) is 26.1 Å². The zero-order valence-electron chi connectivity index (χ0n) is 11.4. The molecule has 5 heteroatoms. The average Bonchev–Trinajstić information content (AvgIpc) is 2.78. The van der Waals surface area contributed by atoms with Crippen molar-refractivity contribution >= 4 is 28.6 Å². The Morgan fingerprint density at radius 2 is 2.21 bits per heavy atom. The highest BCUT2D eigenvalue weighted by Crippen LogP contribution is 2.28. The molecule has 1 N–H and O–H groups in total. The molecule has 0 radical (unpaired) electrons. The zero-order valence-corrected chi connectivity index (χ0v) is 13.0. The lowest BCUT2D eigenvalue weighted by molar-refractivity contribution is 0.806. The van der Waals surface area contributed by atoms with Crippen molar-refractivity contribution in [3.63, 3.8) is 0 Å². The Kier molecular flexibility index (Phi) is 4.80. The van der Waals surface area contributed by atoms with E-state index in [2.05, 4.69) is 28.3 Å². The molecule has 0 amide bonds. The smallest absolute Gasteiger partial charge is 0.0798 e. The molecule has 0 aliphatic heterocycles. The molecule has 102 valence electrons. The van der Waals surface area contributed by atoms with Crippen LogP contribution in [0.1, 0.15) is 16.1 Å². The van der Waals surface area contributed by atoms with Gasteiger partial charge in [-0.15, -0.1) is 11.3 Å². The largest absolute Gasteiger partial charge is 0.369 e. The SMILES string of the molecule is CNCc1c(Cl)cccc1N(C)Cc1scnc1C. The number of hydrogen-bond donors (Lipinski definition) is 1. The van der Waals surface area contributed by atoms with E-state index >= 15 is 0 Å². The summed E-state index contributed by atoms with van der Waals surface area (Å²) in [6.07, 6.45) is 0. The fourth-order valence-corrected chi connectivity index (χ4v) is 3.10. The van der Waals surface area contributed by atoms with E-state index in [4.69, 9.17) is 11.6 Å². The summed E-state index contributed by atoms with van der Waals surface area (Å²) in [5, 5.41) is 3.97. The van der Waals surface area contributed by atoms with E-state index in [1.807, 2.05) is 31.6 Å². The molecule has 0 aliphatic rings. The van der Waals surface area contributed by atoms with Crippen molar-refractivity contribution in [2.75, 3.05) is 19.0 Å². The van der Waals surface area contributed by atoms with Crippen LogP contribution < -0.4 is 10.2 Å². The van der Waals surface area contributed by atoms with Crippen LogP contribution in [0.2, 0.25) is 5.02 Å². The van der Waals surface area contributed by atoms with Crippen molar-refractivity contribution in [3.05, 3.63) is 44.9 Å². The summed E-state index contributed by atoms with van der Waals surface area (Å²) in [5.74, 6) is 0. The second-order valence-electron chi connectivity index (χ2n) is 4.48. The number of aryl methyl sites for hydroxylation is 1. The highest BCUT2D eigenvalue weighted by molar-refractivity contribution is 7.09. The molecule has 0 spiro atoms. The Hall–Kier alpha value is -1.10. The molecule has 0 fully saturated rings. The first kappa shape index (κ1) is 14.3. The summed E-state index contributed by atoms with van der Waals surface area (Å²) in [6, 6.07) is 6.03. The van der Waals surface area contributed by atoms with Gasteiger partial charge in [-0.25, -0.2) is 4.98 Å². The summed E-state index contributed by atoms with van der Waals surface area (Å²) < 4.78 is 0. The standard InChI is InChI=1S/C14H18ClN3S/c1-10-14(19-9-17-10)8-18(3)13-6-4-5-12(15)11(13)7-16-2/h4-6,9,16H,7-8H2,1-3H3. The van der Waals surface area contributed by atoms with E-state index < -0.39 is 0 Å². The maximum Gasteiger partial charge on any atom is 0.0798 e. The maximum atomic E-state index is 6.29. The van der Waals surface area contributed by atoms with Gasteiger partial charge in [0.15, 0.2) is 0 Å². The monoisotopic (exact) mass is 295 g/mol. The first-order valence-corrected chi connectivity index (χ1v) is 7.41. The lowest BCUT2D eigenvalue weighted by atomic mass is 10.1. The van der Waals surface area contributed by atoms with Crippen molar-refractivity contribution in [1.82, 2.24) is 10.3 Å². The van der Waals surface area contributed by atoms with Gasteiger partial charge in [0.2, 0.25) is 0 Å². The van der Waals surface area contributed by atoms with Crippen LogP contribution in [0.15, 0.2) is 23.7 Å². The number of thiazole rings is 1. The third-order valence-corrected chi connectivity index (χ3v) is 4.36. The van der Waals surface area contributed by atoms with Gasteiger partial charge in [-0.1, -0.05) is 17.7 Å². The summed E-state index contributed by atoms with van der Waals surface area (Å²) in [5.41, 5.74) is 5.30. The number of nitrogens with one attached hydrogen (secondary N) is 1. The minimum atomic E-state index is 0.765. The molecular weight excluding hydrogens is 278 g/mol. The van der Waals surface area contributed by atoms with Crippen LogP contribution >= 0.6 is 22.9 Å². The Labute approximate surface area is 123 Å². The first-order chi connectivity index (χ1) is 9.13. The molecule has 1 aromatic heterocycles. The number of hydrogen-bond acceptors (Lipinski definition) is 4.